The van der Waals surface area contributed by atoms with Crippen molar-refractivity contribution < 1.29 is 65.9 Å². The molecule has 0 saturated carbocycles. The van der Waals surface area contributed by atoms with E-state index in [0.717, 1.165) is 48.0 Å². The van der Waals surface area contributed by atoms with Gasteiger partial charge in [-0.1, -0.05) is 101 Å². The van der Waals surface area contributed by atoms with Crippen LogP contribution in [0.15, 0.2) is 91.0 Å². The molecule has 0 aromatic heterocycles. The Hall–Kier alpha value is -5.73. The standard InChI is InChI=1S/3C7H5F3.3C7H6F2.6C2H6/c1-4-2-5(8)3-6(9)7(4)10;1-4-5(8)2-3-6(9)7(4)10;1-4-2-3-5(8)7(10)6(4)9;1-5-2-6(8)4-7(9)3-5;1-5-2-3-6(8)7(9)4-5;1-5-6(8)3-2-4-7(5)9;6*1-2/h3*2-3H,1H3;3*2-4H,1H3;6*1-2H3. The zero-order chi connectivity index (χ0) is 55.7. The molecular weight excluding hydrogens is 934 g/mol. The van der Waals surface area contributed by atoms with E-state index in [1.165, 1.54) is 70.2 Å². The summed E-state index contributed by atoms with van der Waals surface area (Å²) >= 11 is 0. The van der Waals surface area contributed by atoms with Gasteiger partial charge in [0.25, 0.3) is 0 Å². The molecule has 0 amide bonds. The molecule has 0 spiro atoms. The third-order valence-corrected chi connectivity index (χ3v) is 6.96. The molecule has 0 radical (unpaired) electrons. The topological polar surface area (TPSA) is 0 Å². The zero-order valence-electron chi connectivity index (χ0n) is 42.8. The fraction of sp³-hybridized carbons (Fsp3) is 0.333. The van der Waals surface area contributed by atoms with Crippen molar-refractivity contribution in [2.24, 2.45) is 0 Å². The Labute approximate surface area is 401 Å². The highest BCUT2D eigenvalue weighted by molar-refractivity contribution is 5.21. The second kappa shape index (κ2) is 44.8. The highest BCUT2D eigenvalue weighted by Gasteiger charge is 2.10. The molecule has 0 atom stereocenters. The maximum Gasteiger partial charge on any atom is 0.194 e. The van der Waals surface area contributed by atoms with Gasteiger partial charge in [0, 0.05) is 23.3 Å². The van der Waals surface area contributed by atoms with Crippen molar-refractivity contribution in [2.45, 2.75) is 125 Å². The SMILES string of the molecule is CC.CC.CC.CC.CC.CC.Cc1c(F)ccc(F)c1F.Cc1c(F)cccc1F.Cc1cc(F)cc(F)c1.Cc1cc(F)cc(F)c1F.Cc1ccc(F)c(F)c1.Cc1ccc(F)c(F)c1F. The van der Waals surface area contributed by atoms with Crippen molar-refractivity contribution >= 4 is 0 Å². The average Bonchev–Trinajstić information content (AvgIpc) is 3.34. The summed E-state index contributed by atoms with van der Waals surface area (Å²) in [6.45, 7) is 32.6. The molecular formula is C54H69F15. The largest absolute Gasteiger partial charge is 0.207 e. The molecule has 0 heterocycles. The molecule has 0 fully saturated rings. The van der Waals surface area contributed by atoms with Crippen molar-refractivity contribution in [3.63, 3.8) is 0 Å². The minimum Gasteiger partial charge on any atom is -0.207 e. The van der Waals surface area contributed by atoms with E-state index in [1.54, 1.807) is 13.8 Å². The number of benzene rings is 6. The summed E-state index contributed by atoms with van der Waals surface area (Å²) in [4.78, 5) is 0. The Morgan fingerprint density at radius 3 is 0.971 bits per heavy atom. The molecule has 0 aliphatic carbocycles. The number of halogens is 15. The van der Waals surface area contributed by atoms with E-state index < -0.39 is 87.3 Å². The van der Waals surface area contributed by atoms with Crippen LogP contribution in [0, 0.1) is 129 Å². The van der Waals surface area contributed by atoms with Gasteiger partial charge in [0.2, 0.25) is 0 Å². The quantitative estimate of drug-likeness (QED) is 0.0808. The van der Waals surface area contributed by atoms with Crippen molar-refractivity contribution in [3.8, 4) is 0 Å². The molecule has 0 aliphatic rings. The zero-order valence-corrected chi connectivity index (χ0v) is 42.8. The summed E-state index contributed by atoms with van der Waals surface area (Å²) in [6, 6.07) is 16.2. The van der Waals surface area contributed by atoms with Crippen molar-refractivity contribution in [1.82, 2.24) is 0 Å². The lowest BCUT2D eigenvalue weighted by Gasteiger charge is -1.97. The Morgan fingerprint density at radius 2 is 0.609 bits per heavy atom. The minimum absolute atomic E-state index is 0.0162. The van der Waals surface area contributed by atoms with Gasteiger partial charge in [-0.05, 0) is 124 Å². The van der Waals surface area contributed by atoms with E-state index in [1.807, 2.05) is 83.1 Å². The number of aryl methyl sites for hydroxylation is 4. The third-order valence-electron chi connectivity index (χ3n) is 6.96. The van der Waals surface area contributed by atoms with Crippen LogP contribution in [0.4, 0.5) is 65.9 Å². The van der Waals surface area contributed by atoms with Crippen molar-refractivity contribution in [1.29, 1.82) is 0 Å². The lowest BCUT2D eigenvalue weighted by atomic mass is 10.2. The van der Waals surface area contributed by atoms with E-state index in [9.17, 15) is 65.9 Å². The molecule has 0 saturated heterocycles. The second-order valence-electron chi connectivity index (χ2n) is 11.7. The smallest absolute Gasteiger partial charge is 0.194 e. The minimum atomic E-state index is -1.40. The summed E-state index contributed by atoms with van der Waals surface area (Å²) in [5, 5.41) is 0. The Kier molecular flexibility index (Phi) is 48.5. The van der Waals surface area contributed by atoms with E-state index in [0.29, 0.717) is 11.6 Å². The van der Waals surface area contributed by atoms with Crippen LogP contribution in [0.5, 0.6) is 0 Å². The lowest BCUT2D eigenvalue weighted by molar-refractivity contribution is 0.443. The van der Waals surface area contributed by atoms with Crippen LogP contribution in [-0.2, 0) is 0 Å². The Bertz CT molecular complexity index is 2040. The van der Waals surface area contributed by atoms with Gasteiger partial charge in [0.05, 0.1) is 0 Å². The monoisotopic (exact) mass is 1000 g/mol. The number of rotatable bonds is 0. The molecule has 0 unspecified atom stereocenters. The highest BCUT2D eigenvalue weighted by Crippen LogP contribution is 2.15. The molecule has 6 rings (SSSR count). The molecule has 0 aliphatic heterocycles. The van der Waals surface area contributed by atoms with Gasteiger partial charge in [-0.2, -0.15) is 0 Å². The van der Waals surface area contributed by atoms with E-state index in [2.05, 4.69) is 0 Å². The molecule has 390 valence electrons. The van der Waals surface area contributed by atoms with Gasteiger partial charge in [-0.15, -0.1) is 0 Å². The van der Waals surface area contributed by atoms with Gasteiger partial charge in [0.1, 0.15) is 34.9 Å². The van der Waals surface area contributed by atoms with Gasteiger partial charge >= 0.3 is 0 Å². The Balaban J connectivity index is -0.000000165. The second-order valence-corrected chi connectivity index (χ2v) is 11.7. The highest BCUT2D eigenvalue weighted by atomic mass is 19.2. The van der Waals surface area contributed by atoms with Gasteiger partial charge in [-0.25, -0.2) is 65.9 Å². The van der Waals surface area contributed by atoms with Gasteiger partial charge in [0.15, 0.2) is 52.4 Å². The molecule has 0 bridgehead atoms. The van der Waals surface area contributed by atoms with E-state index in [-0.39, 0.29) is 22.3 Å². The van der Waals surface area contributed by atoms with Crippen LogP contribution < -0.4 is 0 Å². The predicted molar refractivity (Wildman–Crippen MR) is 255 cm³/mol. The molecule has 0 N–H and O–H groups in total. The first-order chi connectivity index (χ1) is 32.5. The fourth-order valence-corrected chi connectivity index (χ4v) is 3.81. The lowest BCUT2D eigenvalue weighted by Crippen LogP contribution is -1.92. The van der Waals surface area contributed by atoms with Crippen LogP contribution in [0.25, 0.3) is 0 Å². The maximum absolute atomic E-state index is 12.4. The van der Waals surface area contributed by atoms with Crippen molar-refractivity contribution in [3.05, 3.63) is 212 Å². The van der Waals surface area contributed by atoms with Crippen LogP contribution in [-0.4, -0.2) is 0 Å². The maximum atomic E-state index is 12.4. The summed E-state index contributed by atoms with van der Waals surface area (Å²) in [7, 11) is 0. The Morgan fingerprint density at radius 1 is 0.232 bits per heavy atom. The number of hydrogen-bond acceptors (Lipinski definition) is 0. The molecule has 6 aromatic rings. The first kappa shape index (κ1) is 74.8. The van der Waals surface area contributed by atoms with Crippen molar-refractivity contribution in [2.75, 3.05) is 0 Å². The summed E-state index contributed by atoms with van der Waals surface area (Å²) in [6.07, 6.45) is 0. The first-order valence-electron chi connectivity index (χ1n) is 22.0. The molecule has 69 heavy (non-hydrogen) atoms. The fourth-order valence-electron chi connectivity index (χ4n) is 3.81. The van der Waals surface area contributed by atoms with E-state index >= 15 is 0 Å². The normalized spacial score (nSPS) is 8.65. The van der Waals surface area contributed by atoms with Crippen LogP contribution in [0.3, 0.4) is 0 Å². The van der Waals surface area contributed by atoms with Crippen LogP contribution in [0.1, 0.15) is 116 Å². The van der Waals surface area contributed by atoms with Gasteiger partial charge < -0.3 is 0 Å². The molecule has 6 aromatic carbocycles. The van der Waals surface area contributed by atoms with Gasteiger partial charge in [-0.3, -0.25) is 0 Å². The third kappa shape index (κ3) is 32.6. The summed E-state index contributed by atoms with van der Waals surface area (Å²) < 4.78 is 184. The molecule has 0 nitrogen and oxygen atoms in total. The van der Waals surface area contributed by atoms with Crippen LogP contribution >= 0.6 is 0 Å². The first-order valence-corrected chi connectivity index (χ1v) is 22.0. The molecule has 15 heteroatoms. The average molecular weight is 1000 g/mol. The predicted octanol–water partition coefficient (Wildman–Crippen LogP) is 20.2. The number of hydrogen-bond donors (Lipinski definition) is 0. The summed E-state index contributed by atoms with van der Waals surface area (Å²) in [5.41, 5.74) is 1.23. The summed E-state index contributed by atoms with van der Waals surface area (Å²) in [5.74, 6) is -13.0. The van der Waals surface area contributed by atoms with E-state index in [4.69, 9.17) is 0 Å². The van der Waals surface area contributed by atoms with Crippen LogP contribution in [0.2, 0.25) is 0 Å².